The van der Waals surface area contributed by atoms with Crippen molar-refractivity contribution in [2.24, 2.45) is 0 Å². The predicted molar refractivity (Wildman–Crippen MR) is 119 cm³/mol. The first-order valence-corrected chi connectivity index (χ1v) is 12.0. The maximum Gasteiger partial charge on any atom is 0.191 e. The molecular formula is C20H31N7O3S. The molecular weight excluding hydrogens is 418 g/mol. The number of likely N-dealkylation sites (tertiary alicyclic amines) is 1. The molecule has 0 bridgehead atoms. The van der Waals surface area contributed by atoms with Crippen LogP contribution in [0.15, 0.2) is 17.3 Å². The van der Waals surface area contributed by atoms with Crippen LogP contribution in [-0.4, -0.2) is 94.9 Å². The highest BCUT2D eigenvalue weighted by Crippen LogP contribution is 2.29. The number of aromatic nitrogens is 5. The molecule has 0 radical (unpaired) electrons. The fourth-order valence-electron chi connectivity index (χ4n) is 4.23. The van der Waals surface area contributed by atoms with Crippen molar-refractivity contribution >= 4 is 28.7 Å². The van der Waals surface area contributed by atoms with E-state index in [9.17, 15) is 15.3 Å². The van der Waals surface area contributed by atoms with E-state index in [-0.39, 0.29) is 0 Å². The maximum absolute atomic E-state index is 10.5. The summed E-state index contributed by atoms with van der Waals surface area (Å²) in [4.78, 5) is 11.8. The number of aliphatic hydroxyl groups is 3. The highest BCUT2D eigenvalue weighted by molar-refractivity contribution is 7.99. The van der Waals surface area contributed by atoms with Gasteiger partial charge in [0.05, 0.1) is 0 Å². The fraction of sp³-hybridized carbons (Fsp3) is 0.700. The zero-order valence-corrected chi connectivity index (χ0v) is 18.7. The Morgan fingerprint density at radius 2 is 2.00 bits per heavy atom. The molecule has 1 unspecified atom stereocenters. The fourth-order valence-corrected chi connectivity index (χ4v) is 4.93. The van der Waals surface area contributed by atoms with Gasteiger partial charge in [-0.3, -0.25) is 4.90 Å². The van der Waals surface area contributed by atoms with Gasteiger partial charge in [-0.25, -0.2) is 14.6 Å². The van der Waals surface area contributed by atoms with Crippen LogP contribution in [-0.2, 0) is 0 Å². The normalized spacial score (nSPS) is 29.1. The van der Waals surface area contributed by atoms with Crippen LogP contribution in [0.4, 0.5) is 5.82 Å². The number of anilines is 1. The van der Waals surface area contributed by atoms with Crippen LogP contribution < -0.4 is 5.32 Å². The molecule has 1 aliphatic carbocycles. The number of hydrogen-bond donors (Lipinski definition) is 4. The van der Waals surface area contributed by atoms with Crippen molar-refractivity contribution in [2.45, 2.75) is 68.7 Å². The van der Waals surface area contributed by atoms with E-state index < -0.39 is 24.4 Å². The van der Waals surface area contributed by atoms with E-state index in [1.54, 1.807) is 17.8 Å². The highest BCUT2D eigenvalue weighted by atomic mass is 32.2. The summed E-state index contributed by atoms with van der Waals surface area (Å²) in [7, 11) is 0. The lowest BCUT2D eigenvalue weighted by atomic mass is 9.94. The van der Waals surface area contributed by atoms with Gasteiger partial charge in [-0.05, 0) is 32.4 Å². The van der Waals surface area contributed by atoms with Gasteiger partial charge in [-0.15, -0.1) is 5.10 Å². The van der Waals surface area contributed by atoms with Crippen molar-refractivity contribution < 1.29 is 15.3 Å². The van der Waals surface area contributed by atoms with Crippen LogP contribution >= 0.6 is 11.8 Å². The Labute approximate surface area is 185 Å². The zero-order chi connectivity index (χ0) is 22.0. The molecule has 11 heteroatoms. The van der Waals surface area contributed by atoms with Gasteiger partial charge in [0.25, 0.3) is 0 Å². The molecule has 3 heterocycles. The van der Waals surface area contributed by atoms with Gasteiger partial charge in [-0.2, -0.15) is 0 Å². The number of hydrogen-bond acceptors (Lipinski definition) is 10. The monoisotopic (exact) mass is 449 g/mol. The third kappa shape index (κ3) is 4.56. The number of rotatable bonds is 8. The number of aliphatic hydroxyl groups excluding tert-OH is 3. The quantitative estimate of drug-likeness (QED) is 0.261. The summed E-state index contributed by atoms with van der Waals surface area (Å²) in [6.45, 7) is 7.20. The first-order valence-electron chi connectivity index (χ1n) is 11.0. The molecule has 1 fully saturated rings. The average molecular weight is 450 g/mol. The van der Waals surface area contributed by atoms with Gasteiger partial charge in [0.1, 0.15) is 24.4 Å². The van der Waals surface area contributed by atoms with Gasteiger partial charge in [-0.1, -0.05) is 43.0 Å². The Bertz CT molecular complexity index is 924. The summed E-state index contributed by atoms with van der Waals surface area (Å²) >= 11 is 1.56. The van der Waals surface area contributed by atoms with Crippen molar-refractivity contribution in [1.29, 1.82) is 0 Å². The molecule has 4 rings (SSSR count). The second-order valence-corrected chi connectivity index (χ2v) is 9.12. The van der Waals surface area contributed by atoms with Gasteiger partial charge >= 0.3 is 0 Å². The van der Waals surface area contributed by atoms with E-state index in [1.807, 2.05) is 0 Å². The summed E-state index contributed by atoms with van der Waals surface area (Å²) in [5.41, 5.74) is 1.02. The first-order chi connectivity index (χ1) is 15.0. The SMILES string of the molecule is CCCSc1nc(NCC2CCCN2CC)c2nnn([C@@H]3C=C[C@H](O)[C@@H](O)[C@H]3O)c2n1. The lowest BCUT2D eigenvalue weighted by molar-refractivity contribution is -0.0636. The van der Waals surface area contributed by atoms with Gasteiger partial charge < -0.3 is 20.6 Å². The van der Waals surface area contributed by atoms with Crippen molar-refractivity contribution in [2.75, 3.05) is 30.7 Å². The van der Waals surface area contributed by atoms with E-state index in [0.29, 0.717) is 28.2 Å². The van der Waals surface area contributed by atoms with Crippen LogP contribution in [0.5, 0.6) is 0 Å². The Morgan fingerprint density at radius 1 is 1.16 bits per heavy atom. The highest BCUT2D eigenvalue weighted by Gasteiger charge is 2.36. The standard InChI is InChI=1S/C20H31N7O3S/c1-3-10-31-20-22-18(21-11-12-6-5-9-26(12)4-2)15-19(23-20)27(25-24-15)13-7-8-14(28)17(30)16(13)29/h7-8,12-14,16-17,28-30H,3-6,9-11H2,1-2H3,(H,21,22,23)/t12?,13-,14+,16+,17-/m1/s1. The average Bonchev–Trinajstić information content (AvgIpc) is 3.41. The molecule has 31 heavy (non-hydrogen) atoms. The Morgan fingerprint density at radius 3 is 2.77 bits per heavy atom. The largest absolute Gasteiger partial charge is 0.388 e. The molecule has 4 N–H and O–H groups in total. The Balaban J connectivity index is 1.66. The molecule has 1 saturated heterocycles. The number of nitrogens with zero attached hydrogens (tertiary/aromatic N) is 6. The van der Waals surface area contributed by atoms with Crippen LogP contribution in [0.2, 0.25) is 0 Å². The molecule has 2 aliphatic rings. The number of fused-ring (bicyclic) bond motifs is 1. The molecule has 0 saturated carbocycles. The molecule has 170 valence electrons. The molecule has 2 aromatic rings. The summed E-state index contributed by atoms with van der Waals surface area (Å²) in [5.74, 6) is 1.52. The lowest BCUT2D eigenvalue weighted by Gasteiger charge is -2.30. The molecule has 1 aliphatic heterocycles. The third-order valence-corrected chi connectivity index (χ3v) is 7.04. The minimum absolute atomic E-state index is 0.455. The summed E-state index contributed by atoms with van der Waals surface area (Å²) in [5, 5.41) is 43.0. The van der Waals surface area contributed by atoms with Gasteiger partial charge in [0.15, 0.2) is 22.1 Å². The number of thioether (sulfide) groups is 1. The maximum atomic E-state index is 10.5. The van der Waals surface area contributed by atoms with Crippen LogP contribution in [0.3, 0.4) is 0 Å². The van der Waals surface area contributed by atoms with Crippen LogP contribution in [0.25, 0.3) is 11.2 Å². The topological polar surface area (TPSA) is 132 Å². The summed E-state index contributed by atoms with van der Waals surface area (Å²) < 4.78 is 1.50. The second-order valence-electron chi connectivity index (χ2n) is 8.06. The minimum atomic E-state index is -1.30. The Hall–Kier alpha value is -1.79. The van der Waals surface area contributed by atoms with E-state index in [4.69, 9.17) is 4.98 Å². The predicted octanol–water partition coefficient (Wildman–Crippen LogP) is 0.813. The second kappa shape index (κ2) is 9.78. The minimum Gasteiger partial charge on any atom is -0.388 e. The van der Waals surface area contributed by atoms with Gasteiger partial charge in [0.2, 0.25) is 0 Å². The molecule has 0 aromatic carbocycles. The van der Waals surface area contributed by atoms with Crippen molar-refractivity contribution in [3.8, 4) is 0 Å². The van der Waals surface area contributed by atoms with Crippen molar-refractivity contribution in [3.05, 3.63) is 12.2 Å². The third-order valence-electron chi connectivity index (χ3n) is 5.99. The van der Waals surface area contributed by atoms with Crippen molar-refractivity contribution in [3.63, 3.8) is 0 Å². The van der Waals surface area contributed by atoms with E-state index in [0.717, 1.165) is 38.2 Å². The van der Waals surface area contributed by atoms with E-state index >= 15 is 0 Å². The Kier molecular flexibility index (Phi) is 7.07. The summed E-state index contributed by atoms with van der Waals surface area (Å²) in [6.07, 6.45) is 2.80. The molecule has 5 atom stereocenters. The van der Waals surface area contributed by atoms with E-state index in [1.165, 1.54) is 17.2 Å². The van der Waals surface area contributed by atoms with Gasteiger partial charge in [0, 0.05) is 18.3 Å². The number of nitrogens with one attached hydrogen (secondary N) is 1. The van der Waals surface area contributed by atoms with Crippen LogP contribution in [0.1, 0.15) is 39.2 Å². The number of likely N-dealkylation sites (N-methyl/N-ethyl adjacent to an activating group) is 1. The molecule has 10 nitrogen and oxygen atoms in total. The van der Waals surface area contributed by atoms with E-state index in [2.05, 4.69) is 39.4 Å². The first kappa shape index (κ1) is 22.4. The van der Waals surface area contributed by atoms with Crippen LogP contribution in [0, 0.1) is 0 Å². The molecule has 0 spiro atoms. The molecule has 2 aromatic heterocycles. The summed E-state index contributed by atoms with van der Waals surface area (Å²) in [6, 6.07) is -0.225. The smallest absolute Gasteiger partial charge is 0.191 e. The molecule has 0 amide bonds. The lowest BCUT2D eigenvalue weighted by Crippen LogP contribution is -2.44. The zero-order valence-electron chi connectivity index (χ0n) is 17.9. The van der Waals surface area contributed by atoms with Crippen molar-refractivity contribution in [1.82, 2.24) is 29.9 Å².